The maximum atomic E-state index is 13.1. The van der Waals surface area contributed by atoms with Crippen LogP contribution in [0.3, 0.4) is 0 Å². The summed E-state index contributed by atoms with van der Waals surface area (Å²) in [5.41, 5.74) is 1.59. The topological polar surface area (TPSA) is 150 Å². The number of rotatable bonds is 30. The van der Waals surface area contributed by atoms with E-state index >= 15 is 0 Å². The molecule has 0 fully saturated rings. The molecule has 2 aromatic rings. The van der Waals surface area contributed by atoms with Crippen LogP contribution in [0.5, 0.6) is 0 Å². The standard InChI is InChI=1S/C33H61N4O6P/c1-2-42-44(41,27-30(39)26-34-24-29-25-35-32-31(29)36-28-37-33(32)40)43-23-21-19-17-15-13-11-9-7-5-3-4-6-8-10-12-14-16-18-20-22-38/h25,28,30,34-35,38-39H,2-24,26-27H2,1H3,(H,36,37,40)/t30-,44?/m1/s1. The van der Waals surface area contributed by atoms with Gasteiger partial charge in [-0.3, -0.25) is 9.36 Å². The lowest BCUT2D eigenvalue weighted by atomic mass is 10.0. The van der Waals surface area contributed by atoms with Crippen molar-refractivity contribution in [2.45, 2.75) is 142 Å². The van der Waals surface area contributed by atoms with Gasteiger partial charge in [0.05, 0.1) is 37.3 Å². The Kier molecular flexibility index (Phi) is 21.6. The van der Waals surface area contributed by atoms with Crippen molar-refractivity contribution in [3.05, 3.63) is 28.4 Å². The first-order chi connectivity index (χ1) is 21.5. The molecule has 0 aliphatic rings. The molecule has 2 rings (SSSR count). The highest BCUT2D eigenvalue weighted by molar-refractivity contribution is 7.53. The van der Waals surface area contributed by atoms with E-state index in [2.05, 4.69) is 20.3 Å². The zero-order valence-corrected chi connectivity index (χ0v) is 28.2. The van der Waals surface area contributed by atoms with Crippen LogP contribution in [0.1, 0.15) is 134 Å². The van der Waals surface area contributed by atoms with Gasteiger partial charge in [-0.25, -0.2) is 4.98 Å². The highest BCUT2D eigenvalue weighted by atomic mass is 31.2. The fraction of sp³-hybridized carbons (Fsp3) is 0.818. The third-order valence-electron chi connectivity index (χ3n) is 8.09. The van der Waals surface area contributed by atoms with E-state index in [-0.39, 0.29) is 24.9 Å². The number of unbranched alkanes of at least 4 members (excludes halogenated alkanes) is 18. The van der Waals surface area contributed by atoms with E-state index in [1.165, 1.54) is 103 Å². The normalized spacial score (nSPS) is 13.9. The van der Waals surface area contributed by atoms with Gasteiger partial charge in [-0.15, -0.1) is 0 Å². The Balaban J connectivity index is 1.42. The molecule has 0 saturated heterocycles. The lowest BCUT2D eigenvalue weighted by molar-refractivity contribution is 0.162. The second-order valence-corrected chi connectivity index (χ2v) is 14.1. The zero-order chi connectivity index (χ0) is 31.7. The molecule has 11 heteroatoms. The van der Waals surface area contributed by atoms with Gasteiger partial charge in [0, 0.05) is 31.5 Å². The van der Waals surface area contributed by atoms with Gasteiger partial charge in [-0.2, -0.15) is 0 Å². The molecule has 0 bridgehead atoms. The molecule has 0 aromatic carbocycles. The van der Waals surface area contributed by atoms with Crippen LogP contribution in [0.2, 0.25) is 0 Å². The van der Waals surface area contributed by atoms with E-state index < -0.39 is 13.7 Å². The molecule has 2 aromatic heterocycles. The average molecular weight is 641 g/mol. The monoisotopic (exact) mass is 640 g/mol. The molecule has 44 heavy (non-hydrogen) atoms. The van der Waals surface area contributed by atoms with Gasteiger partial charge in [0.1, 0.15) is 5.52 Å². The summed E-state index contributed by atoms with van der Waals surface area (Å²) in [5.74, 6) is 0. The molecule has 0 radical (unpaired) electrons. The number of H-pyrrole nitrogens is 2. The molecule has 0 amide bonds. The number of hydrogen-bond acceptors (Lipinski definition) is 8. The largest absolute Gasteiger partial charge is 0.396 e. The van der Waals surface area contributed by atoms with E-state index in [1.54, 1.807) is 13.1 Å². The quantitative estimate of drug-likeness (QED) is 0.0439. The van der Waals surface area contributed by atoms with Gasteiger partial charge < -0.3 is 34.5 Å². The Hall–Kier alpha value is -1.55. The summed E-state index contributed by atoms with van der Waals surface area (Å²) < 4.78 is 24.3. The first kappa shape index (κ1) is 38.6. The SMILES string of the molecule is CCOP(=O)(C[C@H](O)CNCc1c[nH]c2c(=O)[nH]cnc12)OCCCCCCCCCCCCCCCCCCCCCO. The Morgan fingerprint density at radius 3 is 1.86 bits per heavy atom. The van der Waals surface area contributed by atoms with Crippen molar-refractivity contribution in [1.82, 2.24) is 20.3 Å². The predicted molar refractivity (Wildman–Crippen MR) is 179 cm³/mol. The fourth-order valence-corrected chi connectivity index (χ4v) is 7.33. The summed E-state index contributed by atoms with van der Waals surface area (Å²) in [7, 11) is -3.38. The molecule has 5 N–H and O–H groups in total. The van der Waals surface area contributed by atoms with Crippen LogP contribution in [0, 0.1) is 0 Å². The summed E-state index contributed by atoms with van der Waals surface area (Å²) >= 11 is 0. The molecular formula is C33H61N4O6P. The second-order valence-electron chi connectivity index (χ2n) is 12.0. The minimum Gasteiger partial charge on any atom is -0.396 e. The van der Waals surface area contributed by atoms with E-state index in [0.29, 0.717) is 30.8 Å². The first-order valence-electron chi connectivity index (χ1n) is 17.4. The van der Waals surface area contributed by atoms with E-state index in [0.717, 1.165) is 31.2 Å². The van der Waals surface area contributed by atoms with Gasteiger partial charge in [0.25, 0.3) is 5.56 Å². The first-order valence-corrected chi connectivity index (χ1v) is 19.1. The minimum atomic E-state index is -3.38. The smallest absolute Gasteiger partial charge is 0.333 e. The number of aromatic nitrogens is 3. The van der Waals surface area contributed by atoms with Crippen LogP contribution in [0.4, 0.5) is 0 Å². The molecule has 0 aliphatic carbocycles. The predicted octanol–water partition coefficient (Wildman–Crippen LogP) is 7.35. The molecular weight excluding hydrogens is 579 g/mol. The van der Waals surface area contributed by atoms with Gasteiger partial charge in [0.15, 0.2) is 0 Å². The number of nitrogens with zero attached hydrogens (tertiary/aromatic N) is 1. The number of aliphatic hydroxyl groups excluding tert-OH is 2. The van der Waals surface area contributed by atoms with Crippen LogP contribution in [-0.4, -0.2) is 63.8 Å². The number of aromatic amines is 2. The van der Waals surface area contributed by atoms with Crippen molar-refractivity contribution in [2.24, 2.45) is 0 Å². The third-order valence-corrected chi connectivity index (χ3v) is 10.2. The lowest BCUT2D eigenvalue weighted by Gasteiger charge is -2.21. The van der Waals surface area contributed by atoms with Crippen molar-refractivity contribution < 1.29 is 23.8 Å². The van der Waals surface area contributed by atoms with Crippen molar-refractivity contribution in [2.75, 3.05) is 32.5 Å². The lowest BCUT2D eigenvalue weighted by Crippen LogP contribution is -2.29. The summed E-state index contributed by atoms with van der Waals surface area (Å²) in [6, 6.07) is 0. The summed E-state index contributed by atoms with van der Waals surface area (Å²) in [5, 5.41) is 22.4. The van der Waals surface area contributed by atoms with E-state index in [1.807, 2.05) is 0 Å². The number of hydrogen-bond donors (Lipinski definition) is 5. The van der Waals surface area contributed by atoms with Crippen LogP contribution in [0.25, 0.3) is 11.0 Å². The Morgan fingerprint density at radius 2 is 1.34 bits per heavy atom. The molecule has 2 atom stereocenters. The van der Waals surface area contributed by atoms with Gasteiger partial charge in [-0.05, 0) is 19.8 Å². The van der Waals surface area contributed by atoms with Crippen molar-refractivity contribution in [1.29, 1.82) is 0 Å². The van der Waals surface area contributed by atoms with Gasteiger partial charge >= 0.3 is 7.60 Å². The summed E-state index contributed by atoms with van der Waals surface area (Å²) in [6.07, 6.45) is 26.0. The Morgan fingerprint density at radius 1 is 0.818 bits per heavy atom. The van der Waals surface area contributed by atoms with Crippen LogP contribution in [-0.2, 0) is 20.2 Å². The third kappa shape index (κ3) is 17.2. The Bertz CT molecular complexity index is 1080. The van der Waals surface area contributed by atoms with E-state index in [4.69, 9.17) is 14.2 Å². The summed E-state index contributed by atoms with van der Waals surface area (Å²) in [6.45, 7) is 3.37. The van der Waals surface area contributed by atoms with E-state index in [9.17, 15) is 14.5 Å². The average Bonchev–Trinajstić information content (AvgIpc) is 3.42. The minimum absolute atomic E-state index is 0.0631. The molecule has 0 aliphatic heterocycles. The van der Waals surface area contributed by atoms with Crippen molar-refractivity contribution >= 4 is 18.6 Å². The fourth-order valence-electron chi connectivity index (χ4n) is 5.60. The Labute approximate surface area is 265 Å². The number of aliphatic hydroxyl groups is 2. The van der Waals surface area contributed by atoms with Gasteiger partial charge in [0.2, 0.25) is 0 Å². The molecule has 0 saturated carbocycles. The molecule has 0 spiro atoms. The molecule has 1 unspecified atom stereocenters. The van der Waals surface area contributed by atoms with Crippen LogP contribution < -0.4 is 10.9 Å². The van der Waals surface area contributed by atoms with Crippen molar-refractivity contribution in [3.8, 4) is 0 Å². The number of fused-ring (bicyclic) bond motifs is 1. The maximum absolute atomic E-state index is 13.1. The van der Waals surface area contributed by atoms with Crippen LogP contribution in [0.15, 0.2) is 17.3 Å². The van der Waals surface area contributed by atoms with Crippen LogP contribution >= 0.6 is 7.60 Å². The second kappa shape index (κ2) is 24.7. The number of nitrogens with one attached hydrogen (secondary N) is 3. The molecule has 254 valence electrons. The highest BCUT2D eigenvalue weighted by Crippen LogP contribution is 2.48. The maximum Gasteiger partial charge on any atom is 0.333 e. The zero-order valence-electron chi connectivity index (χ0n) is 27.3. The summed E-state index contributed by atoms with van der Waals surface area (Å²) in [4.78, 5) is 21.5. The molecule has 2 heterocycles. The highest BCUT2D eigenvalue weighted by Gasteiger charge is 2.28. The molecule has 10 nitrogen and oxygen atoms in total. The van der Waals surface area contributed by atoms with Gasteiger partial charge in [-0.1, -0.05) is 109 Å². The van der Waals surface area contributed by atoms with Crippen molar-refractivity contribution in [3.63, 3.8) is 0 Å².